The maximum absolute atomic E-state index is 13.0. The van der Waals surface area contributed by atoms with Gasteiger partial charge in [0.25, 0.3) is 11.5 Å². The zero-order valence-corrected chi connectivity index (χ0v) is 18.3. The highest BCUT2D eigenvalue weighted by atomic mass is 16.2. The average molecular weight is 401 g/mol. The topological polar surface area (TPSA) is 76.3 Å². The summed E-state index contributed by atoms with van der Waals surface area (Å²) in [5.74, 6) is 0.217. The Morgan fingerprint density at radius 2 is 1.97 bits per heavy atom. The van der Waals surface area contributed by atoms with Crippen molar-refractivity contribution in [3.05, 3.63) is 40.1 Å². The van der Waals surface area contributed by atoms with Crippen LogP contribution in [0.2, 0.25) is 0 Å². The van der Waals surface area contributed by atoms with Crippen molar-refractivity contribution in [2.24, 2.45) is 7.05 Å². The van der Waals surface area contributed by atoms with Crippen molar-refractivity contribution in [2.75, 3.05) is 25.0 Å². The van der Waals surface area contributed by atoms with Gasteiger partial charge in [0.15, 0.2) is 5.69 Å². The number of likely N-dealkylation sites (tertiary alicyclic amines) is 1. The molecule has 158 valence electrons. The molecule has 0 aliphatic carbocycles. The van der Waals surface area contributed by atoms with E-state index >= 15 is 0 Å². The standard InChI is InChI=1S/C21H32N6O2/c1-14(2)19-11-18(23-25(19)6)21(29)26-9-7-8-16(13-26)27-20(28)10-17(12-22-27)24(5)15(3)4/h10-12,14-16H,7-9,13H2,1-6H3/t16-/m1/s1. The van der Waals surface area contributed by atoms with Crippen molar-refractivity contribution in [2.45, 2.75) is 58.5 Å². The van der Waals surface area contributed by atoms with E-state index in [2.05, 4.69) is 37.9 Å². The Morgan fingerprint density at radius 1 is 1.24 bits per heavy atom. The van der Waals surface area contributed by atoms with Gasteiger partial charge in [-0.2, -0.15) is 10.2 Å². The number of carbonyl (C=O) groups is 1. The van der Waals surface area contributed by atoms with E-state index in [1.54, 1.807) is 21.8 Å². The third kappa shape index (κ3) is 4.36. The molecule has 1 amide bonds. The molecule has 1 saturated heterocycles. The first kappa shape index (κ1) is 21.1. The van der Waals surface area contributed by atoms with Crippen molar-refractivity contribution in [3.63, 3.8) is 0 Å². The van der Waals surface area contributed by atoms with E-state index in [9.17, 15) is 9.59 Å². The molecule has 0 aromatic carbocycles. The first-order valence-electron chi connectivity index (χ1n) is 10.3. The van der Waals surface area contributed by atoms with Gasteiger partial charge in [0.05, 0.1) is 17.9 Å². The van der Waals surface area contributed by atoms with Crippen LogP contribution in [-0.4, -0.2) is 56.5 Å². The maximum Gasteiger partial charge on any atom is 0.274 e. The lowest BCUT2D eigenvalue weighted by molar-refractivity contribution is 0.0663. The monoisotopic (exact) mass is 400 g/mol. The second kappa shape index (κ2) is 8.39. The molecule has 3 heterocycles. The number of aromatic nitrogens is 4. The van der Waals surface area contributed by atoms with E-state index in [4.69, 9.17) is 0 Å². The van der Waals surface area contributed by atoms with Crippen LogP contribution in [0, 0.1) is 0 Å². The molecule has 3 rings (SSSR count). The Labute approximate surface area is 172 Å². The Kier molecular flexibility index (Phi) is 6.10. The molecule has 29 heavy (non-hydrogen) atoms. The predicted octanol–water partition coefficient (Wildman–Crippen LogP) is 2.42. The van der Waals surface area contributed by atoms with Crippen LogP contribution in [0.5, 0.6) is 0 Å². The van der Waals surface area contributed by atoms with Crippen molar-refractivity contribution in [1.82, 2.24) is 24.5 Å². The van der Waals surface area contributed by atoms with Crippen molar-refractivity contribution in [3.8, 4) is 0 Å². The molecule has 0 saturated carbocycles. The van der Waals surface area contributed by atoms with Crippen LogP contribution in [0.1, 0.15) is 68.7 Å². The fourth-order valence-corrected chi connectivity index (χ4v) is 3.80. The average Bonchev–Trinajstić information content (AvgIpc) is 3.08. The molecule has 1 atom stereocenters. The maximum atomic E-state index is 13.0. The van der Waals surface area contributed by atoms with E-state index in [0.717, 1.165) is 24.2 Å². The van der Waals surface area contributed by atoms with Crippen molar-refractivity contribution >= 4 is 11.6 Å². The quantitative estimate of drug-likeness (QED) is 0.770. The van der Waals surface area contributed by atoms with Crippen LogP contribution in [0.4, 0.5) is 5.69 Å². The number of hydrogen-bond acceptors (Lipinski definition) is 5. The molecule has 1 aliphatic rings. The van der Waals surface area contributed by atoms with Crippen LogP contribution in [-0.2, 0) is 7.05 Å². The summed E-state index contributed by atoms with van der Waals surface area (Å²) >= 11 is 0. The van der Waals surface area contributed by atoms with Crippen LogP contribution >= 0.6 is 0 Å². The summed E-state index contributed by atoms with van der Waals surface area (Å²) in [6.45, 7) is 9.45. The molecule has 0 radical (unpaired) electrons. The van der Waals surface area contributed by atoms with Crippen molar-refractivity contribution in [1.29, 1.82) is 0 Å². The normalized spacial score (nSPS) is 17.2. The lowest BCUT2D eigenvalue weighted by Crippen LogP contribution is -2.43. The Bertz CT molecular complexity index is 929. The molecule has 0 spiro atoms. The van der Waals surface area contributed by atoms with E-state index in [1.807, 2.05) is 25.1 Å². The third-order valence-corrected chi connectivity index (χ3v) is 5.75. The molecule has 0 bridgehead atoms. The summed E-state index contributed by atoms with van der Waals surface area (Å²) in [5, 5.41) is 8.82. The van der Waals surface area contributed by atoms with Gasteiger partial charge < -0.3 is 9.80 Å². The summed E-state index contributed by atoms with van der Waals surface area (Å²) in [7, 11) is 3.81. The number of hydrogen-bond donors (Lipinski definition) is 0. The summed E-state index contributed by atoms with van der Waals surface area (Å²) in [6.07, 6.45) is 3.40. The fraction of sp³-hybridized carbons (Fsp3) is 0.619. The minimum absolute atomic E-state index is 0.0820. The van der Waals surface area contributed by atoms with Crippen LogP contribution in [0.15, 0.2) is 23.1 Å². The largest absolute Gasteiger partial charge is 0.371 e. The number of amides is 1. The number of rotatable bonds is 5. The van der Waals surface area contributed by atoms with E-state index in [-0.39, 0.29) is 23.6 Å². The van der Waals surface area contributed by atoms with E-state index in [0.29, 0.717) is 24.7 Å². The number of piperidine rings is 1. The van der Waals surface area contributed by atoms with Gasteiger partial charge in [-0.25, -0.2) is 4.68 Å². The minimum atomic E-state index is -0.130. The second-order valence-corrected chi connectivity index (χ2v) is 8.48. The molecule has 0 N–H and O–H groups in total. The summed E-state index contributed by atoms with van der Waals surface area (Å²) < 4.78 is 3.30. The summed E-state index contributed by atoms with van der Waals surface area (Å²) in [4.78, 5) is 29.5. The Balaban J connectivity index is 1.78. The van der Waals surface area contributed by atoms with Gasteiger partial charge in [0.1, 0.15) is 0 Å². The van der Waals surface area contributed by atoms with Gasteiger partial charge in [0, 0.05) is 45.0 Å². The smallest absolute Gasteiger partial charge is 0.274 e. The zero-order chi connectivity index (χ0) is 21.3. The highest BCUT2D eigenvalue weighted by molar-refractivity contribution is 5.92. The van der Waals surface area contributed by atoms with Gasteiger partial charge in [-0.15, -0.1) is 0 Å². The third-order valence-electron chi connectivity index (χ3n) is 5.75. The van der Waals surface area contributed by atoms with Gasteiger partial charge >= 0.3 is 0 Å². The number of aryl methyl sites for hydroxylation is 1. The number of nitrogens with zero attached hydrogens (tertiary/aromatic N) is 6. The zero-order valence-electron chi connectivity index (χ0n) is 18.3. The van der Waals surface area contributed by atoms with Gasteiger partial charge in [-0.05, 0) is 38.7 Å². The Morgan fingerprint density at radius 3 is 2.55 bits per heavy atom. The van der Waals surface area contributed by atoms with Crippen LogP contribution < -0.4 is 10.5 Å². The highest BCUT2D eigenvalue weighted by Gasteiger charge is 2.28. The fourth-order valence-electron chi connectivity index (χ4n) is 3.80. The molecule has 8 heteroatoms. The molecular formula is C21H32N6O2. The molecular weight excluding hydrogens is 368 g/mol. The lowest BCUT2D eigenvalue weighted by Gasteiger charge is -2.33. The molecule has 2 aromatic heterocycles. The molecule has 0 unspecified atom stereocenters. The molecule has 1 aliphatic heterocycles. The van der Waals surface area contributed by atoms with Gasteiger partial charge in [0.2, 0.25) is 0 Å². The summed E-state index contributed by atoms with van der Waals surface area (Å²) in [5.41, 5.74) is 2.17. The molecule has 2 aromatic rings. The first-order valence-corrected chi connectivity index (χ1v) is 10.3. The first-order chi connectivity index (χ1) is 13.7. The van der Waals surface area contributed by atoms with E-state index < -0.39 is 0 Å². The van der Waals surface area contributed by atoms with E-state index in [1.165, 1.54) is 4.68 Å². The summed E-state index contributed by atoms with van der Waals surface area (Å²) in [6, 6.07) is 3.66. The molecule has 8 nitrogen and oxygen atoms in total. The van der Waals surface area contributed by atoms with Gasteiger partial charge in [-0.1, -0.05) is 13.8 Å². The minimum Gasteiger partial charge on any atom is -0.371 e. The highest BCUT2D eigenvalue weighted by Crippen LogP contribution is 2.23. The number of anilines is 1. The van der Waals surface area contributed by atoms with Crippen LogP contribution in [0.3, 0.4) is 0 Å². The predicted molar refractivity (Wildman–Crippen MR) is 114 cm³/mol. The second-order valence-electron chi connectivity index (χ2n) is 8.48. The lowest BCUT2D eigenvalue weighted by atomic mass is 10.0. The molecule has 1 fully saturated rings. The SMILES string of the molecule is CC(C)c1cc(C(=O)N2CCC[C@@H](n3ncc(N(C)C(C)C)cc3=O)C2)nn1C. The van der Waals surface area contributed by atoms with Gasteiger partial charge in [-0.3, -0.25) is 14.3 Å². The Hall–Kier alpha value is -2.64. The van der Waals surface area contributed by atoms with Crippen LogP contribution in [0.25, 0.3) is 0 Å². The number of carbonyl (C=O) groups excluding carboxylic acids is 1. The van der Waals surface area contributed by atoms with Crippen molar-refractivity contribution < 1.29 is 4.79 Å².